The minimum absolute atomic E-state index is 0.0117. The smallest absolute Gasteiger partial charge is 0.340 e. The highest BCUT2D eigenvalue weighted by Crippen LogP contribution is 2.55. The lowest BCUT2D eigenvalue weighted by atomic mass is 10.0. The number of nitrogens with one attached hydrogen (secondary N) is 1. The molecule has 3 aromatic rings. The van der Waals surface area contributed by atoms with E-state index in [0.717, 1.165) is 10.2 Å². The number of nitrogens with zero attached hydrogens (tertiary/aromatic N) is 4. The fourth-order valence-electron chi connectivity index (χ4n) is 3.56. The second-order valence-corrected chi connectivity index (χ2v) is 12.8. The van der Waals surface area contributed by atoms with E-state index in [4.69, 9.17) is 25.9 Å². The van der Waals surface area contributed by atoms with Gasteiger partial charge >= 0.3 is 15.2 Å². The molecular weight excluding hydrogens is 583 g/mol. The van der Waals surface area contributed by atoms with Crippen LogP contribution in [0.5, 0.6) is 0 Å². The van der Waals surface area contributed by atoms with E-state index in [1.165, 1.54) is 31.3 Å². The summed E-state index contributed by atoms with van der Waals surface area (Å²) in [6.45, 7) is 2.42. The number of hydrogen-bond donors (Lipinski definition) is 7. The van der Waals surface area contributed by atoms with Crippen LogP contribution < -0.4 is 5.32 Å². The van der Waals surface area contributed by atoms with Crippen LogP contribution in [0.1, 0.15) is 31.7 Å². The highest BCUT2D eigenvalue weighted by atomic mass is 35.5. The Morgan fingerprint density at radius 3 is 2.41 bits per heavy atom. The summed E-state index contributed by atoms with van der Waals surface area (Å²) in [5.41, 5.74) is 0.558. The van der Waals surface area contributed by atoms with Gasteiger partial charge in [-0.25, -0.2) is 9.07 Å². The standard InChI is InChI=1S/C21H27ClFN5O9P2/c1-3-12(9-37-39(35,36)10-38(32,33)34)16(29)17(30)20(31)28-19-15(8-24-28)18(26-21(22)27-19)25-11(2)13-4-6-14(23)7-5-13/h3-8,11,16-17,20,29-31H,9-10H2,1-2H3,(H,35,36)(H,25,26,27)(H2,32,33,34)/b12-3-/t11-,16+,17+,20+/m0/s1. The number of anilines is 1. The lowest BCUT2D eigenvalue weighted by molar-refractivity contribution is -0.0845. The van der Waals surface area contributed by atoms with Crippen molar-refractivity contribution in [3.8, 4) is 0 Å². The maximum atomic E-state index is 13.3. The quantitative estimate of drug-likeness (QED) is 0.0891. The normalized spacial score (nSPS) is 17.4. The molecule has 214 valence electrons. The first-order valence-corrected chi connectivity index (χ1v) is 15.2. The number of allylic oxidation sites excluding steroid dienone is 1. The largest absolute Gasteiger partial charge is 0.386 e. The first-order chi connectivity index (χ1) is 18.1. The summed E-state index contributed by atoms with van der Waals surface area (Å²) in [7, 11) is -9.61. The van der Waals surface area contributed by atoms with Crippen molar-refractivity contribution >= 4 is 43.6 Å². The topological polar surface area (TPSA) is 220 Å². The highest BCUT2D eigenvalue weighted by molar-refractivity contribution is 7.70. The molecule has 39 heavy (non-hydrogen) atoms. The number of aromatic nitrogens is 4. The van der Waals surface area contributed by atoms with E-state index in [9.17, 15) is 33.7 Å². The number of aliphatic hydroxyl groups is 3. The molecule has 0 spiro atoms. The summed E-state index contributed by atoms with van der Waals surface area (Å²) in [6.07, 6.45) is -3.20. The van der Waals surface area contributed by atoms with Gasteiger partial charge in [-0.15, -0.1) is 0 Å². The minimum atomic E-state index is -4.87. The van der Waals surface area contributed by atoms with Gasteiger partial charge < -0.3 is 39.8 Å². The number of rotatable bonds is 12. The first kappa shape index (κ1) is 31.2. The molecule has 14 nitrogen and oxygen atoms in total. The SMILES string of the molecule is C/C=C(/COP(=O)(O)CP(=O)(O)O)[C@@H](O)[C@@H](O)[C@@H](O)n1ncc2c(N[C@@H](C)c3ccc(F)cc3)nc(Cl)nc21. The Labute approximate surface area is 226 Å². The molecule has 0 radical (unpaired) electrons. The molecule has 5 atom stereocenters. The third-order valence-electron chi connectivity index (χ3n) is 5.58. The molecule has 1 unspecified atom stereocenters. The van der Waals surface area contributed by atoms with Crippen LogP contribution in [0.4, 0.5) is 10.2 Å². The summed E-state index contributed by atoms with van der Waals surface area (Å²) in [5, 5.41) is 39.2. The Kier molecular flexibility index (Phi) is 10.00. The molecule has 1 aromatic carbocycles. The lowest BCUT2D eigenvalue weighted by Crippen LogP contribution is -2.37. The first-order valence-electron chi connectivity index (χ1n) is 11.2. The Bertz CT molecular complexity index is 1440. The molecule has 0 amide bonds. The average molecular weight is 610 g/mol. The maximum absolute atomic E-state index is 13.3. The maximum Gasteiger partial charge on any atom is 0.340 e. The van der Waals surface area contributed by atoms with E-state index in [1.54, 1.807) is 19.1 Å². The molecule has 2 aromatic heterocycles. The summed E-state index contributed by atoms with van der Waals surface area (Å²) < 4.78 is 41.8. The van der Waals surface area contributed by atoms with Crippen molar-refractivity contribution < 1.29 is 48.0 Å². The zero-order valence-corrected chi connectivity index (χ0v) is 23.1. The number of fused-ring (bicyclic) bond motifs is 1. The lowest BCUT2D eigenvalue weighted by Gasteiger charge is -2.25. The number of benzene rings is 1. The van der Waals surface area contributed by atoms with E-state index in [1.807, 2.05) is 0 Å². The van der Waals surface area contributed by atoms with Crippen molar-refractivity contribution in [2.24, 2.45) is 0 Å². The molecule has 0 aliphatic heterocycles. The Balaban J connectivity index is 1.80. The molecule has 7 N–H and O–H groups in total. The highest BCUT2D eigenvalue weighted by Gasteiger charge is 2.34. The van der Waals surface area contributed by atoms with Crippen molar-refractivity contribution in [2.75, 3.05) is 17.8 Å². The van der Waals surface area contributed by atoms with Gasteiger partial charge in [0.15, 0.2) is 17.8 Å². The van der Waals surface area contributed by atoms with E-state index in [0.29, 0.717) is 5.39 Å². The Hall–Kier alpha value is -2.29. The molecular formula is C21H27ClFN5O9P2. The second-order valence-electron chi connectivity index (χ2n) is 8.51. The van der Waals surface area contributed by atoms with Gasteiger partial charge in [-0.3, -0.25) is 9.13 Å². The molecule has 0 aliphatic carbocycles. The molecule has 3 rings (SSSR count). The van der Waals surface area contributed by atoms with Gasteiger partial charge in [-0.2, -0.15) is 15.1 Å². The van der Waals surface area contributed by atoms with Crippen LogP contribution in [-0.4, -0.2) is 74.5 Å². The van der Waals surface area contributed by atoms with E-state index in [2.05, 4.69) is 20.4 Å². The molecule has 0 saturated carbocycles. The van der Waals surface area contributed by atoms with Gasteiger partial charge in [0.05, 0.1) is 18.2 Å². The van der Waals surface area contributed by atoms with Gasteiger partial charge in [-0.1, -0.05) is 18.2 Å². The minimum Gasteiger partial charge on any atom is -0.386 e. The predicted octanol–water partition coefficient (Wildman–Crippen LogP) is 2.29. The van der Waals surface area contributed by atoms with Crippen molar-refractivity contribution in [2.45, 2.75) is 38.3 Å². The molecule has 18 heteroatoms. The van der Waals surface area contributed by atoms with Crippen LogP contribution in [0.15, 0.2) is 42.1 Å². The van der Waals surface area contributed by atoms with Gasteiger partial charge in [-0.05, 0) is 48.7 Å². The van der Waals surface area contributed by atoms with Gasteiger partial charge in [0.25, 0.3) is 0 Å². The second kappa shape index (κ2) is 12.5. The van der Waals surface area contributed by atoms with Crippen molar-refractivity contribution in [1.29, 1.82) is 0 Å². The van der Waals surface area contributed by atoms with Crippen LogP contribution in [0.3, 0.4) is 0 Å². The van der Waals surface area contributed by atoms with E-state index < -0.39 is 52.0 Å². The number of hydrogen-bond acceptors (Lipinski definition) is 10. The van der Waals surface area contributed by atoms with E-state index in [-0.39, 0.29) is 28.4 Å². The summed E-state index contributed by atoms with van der Waals surface area (Å²) >= 11 is 6.07. The fraction of sp³-hybridized carbons (Fsp3) is 0.381. The van der Waals surface area contributed by atoms with Crippen LogP contribution in [0.2, 0.25) is 5.28 Å². The number of aliphatic hydroxyl groups excluding tert-OH is 3. The fourth-order valence-corrected chi connectivity index (χ4v) is 6.26. The van der Waals surface area contributed by atoms with Gasteiger partial charge in [0.1, 0.15) is 23.8 Å². The zero-order chi connectivity index (χ0) is 29.1. The van der Waals surface area contributed by atoms with E-state index >= 15 is 0 Å². The summed E-state index contributed by atoms with van der Waals surface area (Å²) in [6, 6.07) is 5.42. The molecule has 0 saturated heterocycles. The van der Waals surface area contributed by atoms with Gasteiger partial charge in [0.2, 0.25) is 5.28 Å². The van der Waals surface area contributed by atoms with Crippen molar-refractivity contribution in [3.63, 3.8) is 0 Å². The third kappa shape index (κ3) is 8.12. The average Bonchev–Trinajstić information content (AvgIpc) is 3.26. The monoisotopic (exact) mass is 609 g/mol. The molecule has 0 fully saturated rings. The van der Waals surface area contributed by atoms with Crippen LogP contribution >= 0.6 is 26.8 Å². The van der Waals surface area contributed by atoms with Crippen LogP contribution in [-0.2, 0) is 13.7 Å². The summed E-state index contributed by atoms with van der Waals surface area (Å²) in [4.78, 5) is 35.7. The molecule has 0 bridgehead atoms. The summed E-state index contributed by atoms with van der Waals surface area (Å²) in [5.74, 6) is -1.61. The molecule has 2 heterocycles. The van der Waals surface area contributed by atoms with Crippen molar-refractivity contribution in [3.05, 3.63) is 58.8 Å². The Morgan fingerprint density at radius 2 is 1.82 bits per heavy atom. The number of halogens is 2. The predicted molar refractivity (Wildman–Crippen MR) is 138 cm³/mol. The Morgan fingerprint density at radius 1 is 1.18 bits per heavy atom. The zero-order valence-electron chi connectivity index (χ0n) is 20.5. The van der Waals surface area contributed by atoms with Crippen LogP contribution in [0.25, 0.3) is 11.0 Å². The third-order valence-corrected chi connectivity index (χ3v) is 9.18. The van der Waals surface area contributed by atoms with Gasteiger partial charge in [0, 0.05) is 6.04 Å². The van der Waals surface area contributed by atoms with Crippen LogP contribution in [0, 0.1) is 5.82 Å². The molecule has 0 aliphatic rings. The van der Waals surface area contributed by atoms with Crippen molar-refractivity contribution in [1.82, 2.24) is 19.7 Å².